The third-order valence-corrected chi connectivity index (χ3v) is 5.92. The van der Waals surface area contributed by atoms with Crippen LogP contribution in [0.25, 0.3) is 17.1 Å². The molecular formula is C25H25N5O2S. The van der Waals surface area contributed by atoms with Crippen molar-refractivity contribution in [1.82, 2.24) is 24.6 Å². The van der Waals surface area contributed by atoms with Gasteiger partial charge in [-0.25, -0.2) is 0 Å². The molecule has 0 saturated carbocycles. The summed E-state index contributed by atoms with van der Waals surface area (Å²) in [5.74, 6) is 0.962. The van der Waals surface area contributed by atoms with E-state index in [1.807, 2.05) is 83.4 Å². The van der Waals surface area contributed by atoms with Crippen molar-refractivity contribution >= 4 is 17.7 Å². The van der Waals surface area contributed by atoms with Crippen LogP contribution in [0.5, 0.6) is 0 Å². The first-order chi connectivity index (χ1) is 16.3. The second kappa shape index (κ2) is 11.4. The van der Waals surface area contributed by atoms with Crippen molar-refractivity contribution in [2.45, 2.75) is 11.7 Å². The maximum Gasteiger partial charge on any atom is 0.233 e. The maximum absolute atomic E-state index is 13.1. The number of carbonyl (C=O) groups is 1. The molecule has 0 unspecified atom stereocenters. The van der Waals surface area contributed by atoms with Crippen molar-refractivity contribution in [3.8, 4) is 17.1 Å². The largest absolute Gasteiger partial charge is 0.383 e. The van der Waals surface area contributed by atoms with Crippen LogP contribution in [0.2, 0.25) is 0 Å². The second-order valence-electron chi connectivity index (χ2n) is 7.26. The van der Waals surface area contributed by atoms with Crippen molar-refractivity contribution in [2.75, 3.05) is 26.0 Å². The Bertz CT molecular complexity index is 1150. The van der Waals surface area contributed by atoms with Gasteiger partial charge in [-0.2, -0.15) is 0 Å². The normalized spacial score (nSPS) is 10.8. The van der Waals surface area contributed by atoms with E-state index in [1.54, 1.807) is 18.2 Å². The monoisotopic (exact) mass is 459 g/mol. The molecule has 4 rings (SSSR count). The predicted octanol–water partition coefficient (Wildman–Crippen LogP) is 4.10. The van der Waals surface area contributed by atoms with E-state index in [9.17, 15) is 4.79 Å². The SMILES string of the molecule is COCCN(Cc1ccccn1)C(=O)CSc1nnc(-c2ccccc2)n1-c1ccccc1. The molecule has 4 aromatic rings. The molecule has 0 fully saturated rings. The minimum atomic E-state index is -0.00780. The first-order valence-corrected chi connectivity index (χ1v) is 11.6. The first-order valence-electron chi connectivity index (χ1n) is 10.6. The van der Waals surface area contributed by atoms with E-state index < -0.39 is 0 Å². The fourth-order valence-corrected chi connectivity index (χ4v) is 4.20. The number of aromatic nitrogens is 4. The lowest BCUT2D eigenvalue weighted by Gasteiger charge is -2.22. The Morgan fingerprint density at radius 2 is 1.70 bits per heavy atom. The summed E-state index contributed by atoms with van der Waals surface area (Å²) in [5.41, 5.74) is 2.75. The summed E-state index contributed by atoms with van der Waals surface area (Å²) in [6.07, 6.45) is 1.73. The van der Waals surface area contributed by atoms with Gasteiger partial charge >= 0.3 is 0 Å². The lowest BCUT2D eigenvalue weighted by molar-refractivity contribution is -0.129. The Morgan fingerprint density at radius 1 is 0.970 bits per heavy atom. The van der Waals surface area contributed by atoms with Crippen LogP contribution < -0.4 is 0 Å². The average molecular weight is 460 g/mol. The van der Waals surface area contributed by atoms with Gasteiger partial charge in [0.1, 0.15) is 0 Å². The fraction of sp³-hybridized carbons (Fsp3) is 0.200. The molecule has 0 radical (unpaired) electrons. The van der Waals surface area contributed by atoms with E-state index in [4.69, 9.17) is 4.74 Å². The number of methoxy groups -OCH3 is 1. The molecule has 2 aromatic carbocycles. The smallest absolute Gasteiger partial charge is 0.233 e. The number of hydrogen-bond donors (Lipinski definition) is 0. The Hall–Kier alpha value is -3.49. The van der Waals surface area contributed by atoms with Crippen LogP contribution in [0.3, 0.4) is 0 Å². The molecule has 2 heterocycles. The number of pyridine rings is 1. The molecule has 0 saturated heterocycles. The molecule has 8 heteroatoms. The lowest BCUT2D eigenvalue weighted by Crippen LogP contribution is -2.35. The van der Waals surface area contributed by atoms with E-state index >= 15 is 0 Å². The molecule has 0 N–H and O–H groups in total. The molecule has 0 aliphatic carbocycles. The number of amides is 1. The number of ether oxygens (including phenoxy) is 1. The van der Waals surface area contributed by atoms with E-state index in [0.29, 0.717) is 24.9 Å². The zero-order chi connectivity index (χ0) is 22.9. The zero-order valence-corrected chi connectivity index (χ0v) is 19.2. The van der Waals surface area contributed by atoms with Crippen molar-refractivity contribution in [2.24, 2.45) is 0 Å². The molecule has 0 atom stereocenters. The minimum absolute atomic E-state index is 0.00780. The van der Waals surface area contributed by atoms with Crippen LogP contribution in [0.4, 0.5) is 0 Å². The van der Waals surface area contributed by atoms with E-state index in [-0.39, 0.29) is 11.7 Å². The summed E-state index contributed by atoms with van der Waals surface area (Å²) < 4.78 is 7.20. The average Bonchev–Trinajstić information content (AvgIpc) is 3.31. The topological polar surface area (TPSA) is 73.1 Å². The standard InChI is InChI=1S/C25H25N5O2S/c1-32-17-16-29(18-21-12-8-9-15-26-21)23(31)19-33-25-28-27-24(20-10-4-2-5-11-20)30(25)22-13-6-3-7-14-22/h2-15H,16-19H2,1H3. The van der Waals surface area contributed by atoms with Gasteiger partial charge in [-0.15, -0.1) is 10.2 Å². The third kappa shape index (κ3) is 5.85. The number of benzene rings is 2. The highest BCUT2D eigenvalue weighted by atomic mass is 32.2. The predicted molar refractivity (Wildman–Crippen MR) is 129 cm³/mol. The van der Waals surface area contributed by atoms with Crippen LogP contribution >= 0.6 is 11.8 Å². The molecule has 0 bridgehead atoms. The molecule has 0 aliphatic heterocycles. The van der Waals surface area contributed by atoms with Gasteiger partial charge in [0.15, 0.2) is 11.0 Å². The molecule has 0 spiro atoms. The molecule has 7 nitrogen and oxygen atoms in total. The number of para-hydroxylation sites is 1. The van der Waals surface area contributed by atoms with E-state index in [0.717, 1.165) is 22.8 Å². The van der Waals surface area contributed by atoms with Gasteiger partial charge in [-0.3, -0.25) is 14.3 Å². The van der Waals surface area contributed by atoms with E-state index in [2.05, 4.69) is 15.2 Å². The number of carbonyl (C=O) groups excluding carboxylic acids is 1. The highest BCUT2D eigenvalue weighted by Crippen LogP contribution is 2.28. The molecule has 2 aromatic heterocycles. The summed E-state index contributed by atoms with van der Waals surface area (Å²) >= 11 is 1.37. The van der Waals surface area contributed by atoms with Gasteiger partial charge in [-0.1, -0.05) is 66.4 Å². The summed E-state index contributed by atoms with van der Waals surface area (Å²) in [6.45, 7) is 1.39. The Kier molecular flexibility index (Phi) is 7.84. The van der Waals surface area contributed by atoms with Crippen molar-refractivity contribution in [3.05, 3.63) is 90.8 Å². The number of rotatable bonds is 10. The van der Waals surface area contributed by atoms with Crippen LogP contribution in [0.15, 0.2) is 90.2 Å². The van der Waals surface area contributed by atoms with Gasteiger partial charge in [-0.05, 0) is 24.3 Å². The Morgan fingerprint density at radius 3 is 2.39 bits per heavy atom. The Labute approximate surface area is 197 Å². The van der Waals surface area contributed by atoms with Gasteiger partial charge < -0.3 is 9.64 Å². The summed E-state index contributed by atoms with van der Waals surface area (Å²) in [7, 11) is 1.63. The number of thioether (sulfide) groups is 1. The quantitative estimate of drug-likeness (QED) is 0.333. The van der Waals surface area contributed by atoms with Crippen LogP contribution in [-0.2, 0) is 16.1 Å². The highest BCUT2D eigenvalue weighted by Gasteiger charge is 2.20. The van der Waals surface area contributed by atoms with Crippen molar-refractivity contribution < 1.29 is 9.53 Å². The molecule has 0 aliphatic rings. The van der Waals surface area contributed by atoms with Gasteiger partial charge in [0.05, 0.1) is 24.6 Å². The fourth-order valence-electron chi connectivity index (χ4n) is 3.35. The summed E-state index contributed by atoms with van der Waals surface area (Å²) in [6, 6.07) is 25.6. The summed E-state index contributed by atoms with van der Waals surface area (Å²) in [5, 5.41) is 9.52. The third-order valence-electron chi connectivity index (χ3n) is 5.00. The molecular weight excluding hydrogens is 434 g/mol. The lowest BCUT2D eigenvalue weighted by atomic mass is 10.2. The highest BCUT2D eigenvalue weighted by molar-refractivity contribution is 7.99. The number of hydrogen-bond acceptors (Lipinski definition) is 6. The first kappa shape index (κ1) is 22.7. The van der Waals surface area contributed by atoms with E-state index in [1.165, 1.54) is 11.8 Å². The molecule has 33 heavy (non-hydrogen) atoms. The Balaban J connectivity index is 1.55. The van der Waals surface area contributed by atoms with Gasteiger partial charge in [0.2, 0.25) is 5.91 Å². The maximum atomic E-state index is 13.1. The summed E-state index contributed by atoms with van der Waals surface area (Å²) in [4.78, 5) is 19.2. The molecule has 1 amide bonds. The van der Waals surface area contributed by atoms with Crippen LogP contribution in [-0.4, -0.2) is 56.6 Å². The van der Waals surface area contributed by atoms with Crippen molar-refractivity contribution in [1.29, 1.82) is 0 Å². The number of nitrogens with zero attached hydrogens (tertiary/aromatic N) is 5. The zero-order valence-electron chi connectivity index (χ0n) is 18.4. The van der Waals surface area contributed by atoms with Gasteiger partial charge in [0.25, 0.3) is 0 Å². The van der Waals surface area contributed by atoms with Crippen molar-refractivity contribution in [3.63, 3.8) is 0 Å². The molecule has 168 valence electrons. The second-order valence-corrected chi connectivity index (χ2v) is 8.20. The van der Waals surface area contributed by atoms with Gasteiger partial charge in [0, 0.05) is 31.1 Å². The van der Waals surface area contributed by atoms with Crippen LogP contribution in [0, 0.1) is 0 Å². The van der Waals surface area contributed by atoms with Crippen LogP contribution in [0.1, 0.15) is 5.69 Å². The minimum Gasteiger partial charge on any atom is -0.383 e.